The minimum Gasteiger partial charge on any atom is -0.472 e. The van der Waals surface area contributed by atoms with Crippen molar-refractivity contribution in [2.75, 3.05) is 7.11 Å². The van der Waals surface area contributed by atoms with E-state index in [1.54, 1.807) is 0 Å². The summed E-state index contributed by atoms with van der Waals surface area (Å²) in [4.78, 5) is 64.8. The van der Waals surface area contributed by atoms with E-state index in [2.05, 4.69) is 0 Å². The van der Waals surface area contributed by atoms with Crippen LogP contribution in [0.5, 0.6) is 0 Å². The van der Waals surface area contributed by atoms with Crippen LogP contribution in [0.3, 0.4) is 0 Å². The van der Waals surface area contributed by atoms with Crippen LogP contribution in [-0.2, 0) is 47.7 Å². The third-order valence-electron chi connectivity index (χ3n) is 13.0. The van der Waals surface area contributed by atoms with Crippen molar-refractivity contribution < 1.29 is 82.7 Å². The van der Waals surface area contributed by atoms with E-state index in [1.807, 2.05) is 0 Å². The van der Waals surface area contributed by atoms with Gasteiger partial charge in [-0.25, -0.2) is 4.79 Å². The van der Waals surface area contributed by atoms with E-state index in [9.17, 15) is 54.6 Å². The van der Waals surface area contributed by atoms with Gasteiger partial charge < -0.3 is 58.7 Å². The van der Waals surface area contributed by atoms with Gasteiger partial charge in [0.2, 0.25) is 6.10 Å². The van der Waals surface area contributed by atoms with Crippen LogP contribution in [0.2, 0.25) is 0 Å². The van der Waals surface area contributed by atoms with Gasteiger partial charge in [0.15, 0.2) is 11.7 Å². The standard InChI is InChI=1S/C33H42O17/c1-13(34)47-19(24(40)45-7)20-27(4)12-30(41)29(20,6)33(44)22(39)21(38)28(5,23(48-14(2)35)16-8-9-46-11-16)17-10-18(37)50-26(31(17,33)42)32(30,43)25(27)49-15(3)36/h8-9,11,17,19-23,25-26,38-39,41-44H,10,12H2,1-7H3/t17-,19-,20+,21+,22-,23+,25+,26+,27-,28+,29-,30-,31-,32+,33+/m1/s1. The molecule has 0 amide bonds. The molecule has 1 aromatic heterocycles. The fourth-order valence-corrected chi connectivity index (χ4v) is 11.4. The number of aliphatic hydroxyl groups is 6. The van der Waals surface area contributed by atoms with Crippen LogP contribution in [0, 0.1) is 28.1 Å². The number of fused-ring (bicyclic) bond motifs is 3. The van der Waals surface area contributed by atoms with Crippen LogP contribution in [-0.4, -0.2) is 121 Å². The van der Waals surface area contributed by atoms with Gasteiger partial charge in [0.05, 0.1) is 32.2 Å². The number of carbonyl (C=O) groups is 5. The Labute approximate surface area is 285 Å². The summed E-state index contributed by atoms with van der Waals surface area (Å²) in [6.45, 7) is 6.77. The van der Waals surface area contributed by atoms with Gasteiger partial charge in [-0.3, -0.25) is 19.2 Å². The molecule has 1 aromatic rings. The van der Waals surface area contributed by atoms with Crippen LogP contribution < -0.4 is 0 Å². The van der Waals surface area contributed by atoms with Gasteiger partial charge in [-0.2, -0.15) is 0 Å². The number of carbonyl (C=O) groups excluding carboxylic acids is 5. The molecule has 50 heavy (non-hydrogen) atoms. The molecule has 6 rings (SSSR count). The topological polar surface area (TPSA) is 266 Å². The number of hydrogen-bond acceptors (Lipinski definition) is 17. The van der Waals surface area contributed by atoms with Crippen molar-refractivity contribution in [3.63, 3.8) is 0 Å². The highest BCUT2D eigenvalue weighted by molar-refractivity contribution is 5.80. The first-order chi connectivity index (χ1) is 23.0. The van der Waals surface area contributed by atoms with Crippen LogP contribution in [0.15, 0.2) is 23.0 Å². The highest BCUT2D eigenvalue weighted by Crippen LogP contribution is 2.83. The molecule has 2 bridgehead atoms. The fraction of sp³-hybridized carbons (Fsp3) is 0.727. The first kappa shape index (κ1) is 36.2. The Morgan fingerprint density at radius 1 is 0.920 bits per heavy atom. The molecule has 6 N–H and O–H groups in total. The molecule has 1 saturated heterocycles. The maximum atomic E-state index is 13.6. The van der Waals surface area contributed by atoms with E-state index >= 15 is 0 Å². The van der Waals surface area contributed by atoms with E-state index in [1.165, 1.54) is 26.2 Å². The maximum Gasteiger partial charge on any atom is 0.347 e. The second-order valence-corrected chi connectivity index (χ2v) is 15.1. The fourth-order valence-electron chi connectivity index (χ4n) is 11.4. The second kappa shape index (κ2) is 10.7. The summed E-state index contributed by atoms with van der Waals surface area (Å²) < 4.78 is 32.6. The molecule has 4 aliphatic carbocycles. The summed E-state index contributed by atoms with van der Waals surface area (Å²) in [6.07, 6.45) is -11.8. The monoisotopic (exact) mass is 710 g/mol. The predicted molar refractivity (Wildman–Crippen MR) is 159 cm³/mol. The molecule has 17 nitrogen and oxygen atoms in total. The Balaban J connectivity index is 1.73. The highest BCUT2D eigenvalue weighted by atomic mass is 16.6. The van der Waals surface area contributed by atoms with Gasteiger partial charge in [0.25, 0.3) is 0 Å². The summed E-state index contributed by atoms with van der Waals surface area (Å²) in [6, 6.07) is 1.37. The van der Waals surface area contributed by atoms with E-state index in [0.29, 0.717) is 0 Å². The Morgan fingerprint density at radius 3 is 2.06 bits per heavy atom. The molecule has 17 heteroatoms. The number of esters is 5. The van der Waals surface area contributed by atoms with Crippen LogP contribution in [0.4, 0.5) is 0 Å². The number of hydrogen-bond donors (Lipinski definition) is 6. The van der Waals surface area contributed by atoms with E-state index in [0.717, 1.165) is 41.1 Å². The molecule has 1 aliphatic heterocycles. The lowest BCUT2D eigenvalue weighted by molar-refractivity contribution is -0.469. The average Bonchev–Trinajstić information content (AvgIpc) is 3.67. The molecule has 2 heterocycles. The van der Waals surface area contributed by atoms with Gasteiger partial charge in [0, 0.05) is 54.4 Å². The minimum absolute atomic E-state index is 0.115. The van der Waals surface area contributed by atoms with Crippen molar-refractivity contribution in [1.29, 1.82) is 0 Å². The number of ether oxygens (including phenoxy) is 5. The van der Waals surface area contributed by atoms with Gasteiger partial charge in [-0.15, -0.1) is 0 Å². The van der Waals surface area contributed by atoms with E-state index in [4.69, 9.17) is 28.1 Å². The smallest absolute Gasteiger partial charge is 0.347 e. The lowest BCUT2D eigenvalue weighted by atomic mass is 9.32. The Morgan fingerprint density at radius 2 is 1.54 bits per heavy atom. The number of methoxy groups -OCH3 is 1. The zero-order valence-corrected chi connectivity index (χ0v) is 28.4. The zero-order chi connectivity index (χ0) is 37.4. The Hall–Kier alpha value is -3.61. The maximum absolute atomic E-state index is 13.6. The minimum atomic E-state index is -3.26. The molecule has 4 saturated carbocycles. The largest absolute Gasteiger partial charge is 0.472 e. The summed E-state index contributed by atoms with van der Waals surface area (Å²) >= 11 is 0. The van der Waals surface area contributed by atoms with Crippen molar-refractivity contribution in [2.45, 2.75) is 113 Å². The van der Waals surface area contributed by atoms with Crippen LogP contribution in [0.1, 0.15) is 66.1 Å². The van der Waals surface area contributed by atoms with Gasteiger partial charge in [-0.05, 0) is 12.5 Å². The third-order valence-corrected chi connectivity index (χ3v) is 13.0. The molecule has 0 spiro atoms. The molecule has 15 atom stereocenters. The highest BCUT2D eigenvalue weighted by Gasteiger charge is 3.00. The van der Waals surface area contributed by atoms with Crippen molar-refractivity contribution in [3.8, 4) is 0 Å². The Kier molecular flexibility index (Phi) is 7.75. The summed E-state index contributed by atoms with van der Waals surface area (Å²) in [5.74, 6) is -8.77. The third kappa shape index (κ3) is 3.74. The molecular weight excluding hydrogens is 668 g/mol. The lowest BCUT2D eigenvalue weighted by Gasteiger charge is -2.78. The van der Waals surface area contributed by atoms with Gasteiger partial charge in [-0.1, -0.05) is 20.8 Å². The SMILES string of the molecule is COC(=O)[C@H](OC(C)=O)[C@H]1[C@@]2(C)C[C@]3(O)[C@@](O)([C@H]4OC(=O)C[C@@H]5[C@](C)([C@@H](OC(C)=O)c6ccoc6)[C@@H](O)[C@@H](O)[C@@](O)([C@@]54O)[C@]13C)[C@H]2OC(C)=O. The van der Waals surface area contributed by atoms with E-state index < -0.39 is 130 Å². The molecule has 5 fully saturated rings. The molecule has 5 aliphatic rings. The lowest BCUT2D eigenvalue weighted by Crippen LogP contribution is -2.98. The Bertz CT molecular complexity index is 1640. The van der Waals surface area contributed by atoms with Gasteiger partial charge in [0.1, 0.15) is 35.1 Å². The molecule has 0 unspecified atom stereocenters. The van der Waals surface area contributed by atoms with Gasteiger partial charge >= 0.3 is 29.8 Å². The second-order valence-electron chi connectivity index (χ2n) is 15.1. The number of aliphatic hydroxyl groups excluding tert-OH is 2. The normalized spacial score (nSPS) is 48.1. The molecular formula is C33H42O17. The summed E-state index contributed by atoms with van der Waals surface area (Å²) in [7, 11) is 0.969. The zero-order valence-electron chi connectivity index (χ0n) is 28.4. The van der Waals surface area contributed by atoms with Crippen molar-refractivity contribution in [3.05, 3.63) is 24.2 Å². The molecule has 0 radical (unpaired) electrons. The first-order valence-electron chi connectivity index (χ1n) is 16.1. The number of rotatable bonds is 7. The van der Waals surface area contributed by atoms with Crippen molar-refractivity contribution >= 4 is 29.8 Å². The molecule has 0 aromatic carbocycles. The molecule has 276 valence electrons. The predicted octanol–water partition coefficient (Wildman–Crippen LogP) is -1.42. The summed E-state index contributed by atoms with van der Waals surface area (Å²) in [5, 5.41) is 77.2. The average molecular weight is 711 g/mol. The van der Waals surface area contributed by atoms with Crippen LogP contribution in [0.25, 0.3) is 0 Å². The van der Waals surface area contributed by atoms with Crippen LogP contribution >= 0.6 is 0 Å². The quantitative estimate of drug-likeness (QED) is 0.140. The number of furan rings is 1. The first-order valence-corrected chi connectivity index (χ1v) is 16.1. The van der Waals surface area contributed by atoms with Crippen molar-refractivity contribution in [2.24, 2.45) is 28.1 Å². The summed E-state index contributed by atoms with van der Waals surface area (Å²) in [5.41, 5.74) is -18.7. The van der Waals surface area contributed by atoms with E-state index in [-0.39, 0.29) is 5.56 Å². The van der Waals surface area contributed by atoms with Crippen molar-refractivity contribution in [1.82, 2.24) is 0 Å².